The molecule has 3 aromatic carbocycles. The Morgan fingerprint density at radius 2 is 1.61 bits per heavy atom. The van der Waals surface area contributed by atoms with E-state index in [1.165, 1.54) is 37.5 Å². The van der Waals surface area contributed by atoms with Crippen LogP contribution in [0.4, 0.5) is 4.79 Å². The zero-order valence-corrected chi connectivity index (χ0v) is 23.2. The molecule has 0 atom stereocenters. The Hall–Kier alpha value is -3.47. The van der Waals surface area contributed by atoms with Gasteiger partial charge in [-0.2, -0.15) is 8.42 Å². The number of ether oxygens (including phenoxy) is 2. The lowest BCUT2D eigenvalue weighted by atomic mass is 10.2. The van der Waals surface area contributed by atoms with Crippen molar-refractivity contribution < 1.29 is 31.7 Å². The minimum Gasteiger partial charge on any atom is -0.493 e. The molecule has 11 heteroatoms. The molecule has 0 spiro atoms. The van der Waals surface area contributed by atoms with Gasteiger partial charge in [-0.25, -0.2) is 0 Å². The molecule has 3 aromatic rings. The van der Waals surface area contributed by atoms with Gasteiger partial charge in [-0.1, -0.05) is 47.0 Å². The van der Waals surface area contributed by atoms with Crippen LogP contribution >= 0.6 is 23.4 Å². The number of hydrogen-bond acceptors (Lipinski definition) is 8. The van der Waals surface area contributed by atoms with Crippen molar-refractivity contribution >= 4 is 50.7 Å². The molecule has 38 heavy (non-hydrogen) atoms. The lowest BCUT2D eigenvalue weighted by Crippen LogP contribution is -2.32. The molecule has 2 amide bonds. The number of imide groups is 1. The zero-order chi connectivity index (χ0) is 27.4. The number of hydrogen-bond donors (Lipinski definition) is 0. The quantitative estimate of drug-likeness (QED) is 0.232. The van der Waals surface area contributed by atoms with Crippen molar-refractivity contribution in [3.63, 3.8) is 0 Å². The molecule has 0 saturated carbocycles. The average Bonchev–Trinajstić information content (AvgIpc) is 3.14. The summed E-state index contributed by atoms with van der Waals surface area (Å²) in [6.07, 6.45) is 1.48. The van der Waals surface area contributed by atoms with E-state index in [4.69, 9.17) is 25.3 Å². The third-order valence-electron chi connectivity index (χ3n) is 5.53. The second kappa shape index (κ2) is 11.5. The molecule has 1 aliphatic rings. The van der Waals surface area contributed by atoms with E-state index in [1.807, 2.05) is 38.1 Å². The third-order valence-corrected chi connectivity index (χ3v) is 7.95. The molecule has 4 rings (SSSR count). The highest BCUT2D eigenvalue weighted by Gasteiger charge is 2.35. The van der Waals surface area contributed by atoms with Crippen LogP contribution in [0.2, 0.25) is 5.02 Å². The van der Waals surface area contributed by atoms with Crippen LogP contribution in [0.1, 0.15) is 16.7 Å². The van der Waals surface area contributed by atoms with E-state index in [0.29, 0.717) is 11.3 Å². The van der Waals surface area contributed by atoms with E-state index in [0.717, 1.165) is 27.8 Å². The summed E-state index contributed by atoms with van der Waals surface area (Å²) in [6, 6.07) is 16.5. The van der Waals surface area contributed by atoms with Crippen LogP contribution in [-0.2, 0) is 14.9 Å². The van der Waals surface area contributed by atoms with Crippen LogP contribution in [0.25, 0.3) is 6.08 Å². The van der Waals surface area contributed by atoms with Crippen molar-refractivity contribution in [1.29, 1.82) is 0 Å². The summed E-state index contributed by atoms with van der Waals surface area (Å²) in [7, 11) is -2.84. The van der Waals surface area contributed by atoms with E-state index in [1.54, 1.807) is 12.1 Å². The molecular weight excluding hydrogens is 550 g/mol. The van der Waals surface area contributed by atoms with Crippen LogP contribution in [0.5, 0.6) is 17.2 Å². The highest BCUT2D eigenvalue weighted by Crippen LogP contribution is 2.40. The molecule has 0 bridgehead atoms. The van der Waals surface area contributed by atoms with Gasteiger partial charge in [0.25, 0.3) is 11.1 Å². The molecule has 8 nitrogen and oxygen atoms in total. The molecule has 0 radical (unpaired) electrons. The van der Waals surface area contributed by atoms with Crippen molar-refractivity contribution in [2.45, 2.75) is 18.7 Å². The lowest BCUT2D eigenvalue weighted by molar-refractivity contribution is -0.123. The summed E-state index contributed by atoms with van der Waals surface area (Å²) in [4.78, 5) is 26.6. The topological polar surface area (TPSA) is 99.2 Å². The molecule has 0 aliphatic carbocycles. The minimum atomic E-state index is -4.18. The fourth-order valence-electron chi connectivity index (χ4n) is 3.50. The SMILES string of the molecule is COc1cc(/C=C2\SC(=O)N(CCOc3ccc(C)cc3)C2=O)cc(Cl)c1OS(=O)(=O)c1ccc(C)cc1. The maximum absolute atomic E-state index is 12.9. The molecular formula is C27H24ClNO7S2. The predicted molar refractivity (Wildman–Crippen MR) is 146 cm³/mol. The molecule has 1 fully saturated rings. The van der Waals surface area contributed by atoms with Crippen molar-refractivity contribution in [3.05, 3.63) is 87.3 Å². The van der Waals surface area contributed by atoms with E-state index in [-0.39, 0.29) is 39.5 Å². The van der Waals surface area contributed by atoms with Crippen molar-refractivity contribution in [3.8, 4) is 17.2 Å². The number of benzene rings is 3. The second-order valence-corrected chi connectivity index (χ2v) is 11.3. The van der Waals surface area contributed by atoms with Crippen molar-refractivity contribution in [2.75, 3.05) is 20.3 Å². The molecule has 1 heterocycles. The normalized spacial score (nSPS) is 14.7. The van der Waals surface area contributed by atoms with Gasteiger partial charge >= 0.3 is 10.1 Å². The van der Waals surface area contributed by atoms with Gasteiger partial charge in [-0.05, 0) is 73.6 Å². The molecule has 1 aliphatic heterocycles. The minimum absolute atomic E-state index is 0.0367. The number of carbonyl (C=O) groups is 2. The van der Waals surface area contributed by atoms with Crippen LogP contribution in [-0.4, -0.2) is 44.7 Å². The van der Waals surface area contributed by atoms with Gasteiger partial charge in [0, 0.05) is 0 Å². The van der Waals surface area contributed by atoms with E-state index in [2.05, 4.69) is 0 Å². The molecule has 198 valence electrons. The van der Waals surface area contributed by atoms with E-state index >= 15 is 0 Å². The largest absolute Gasteiger partial charge is 0.493 e. The molecule has 1 saturated heterocycles. The van der Waals surface area contributed by atoms with Gasteiger partial charge < -0.3 is 13.7 Å². The first kappa shape index (κ1) is 27.6. The number of halogens is 1. The Kier molecular flexibility index (Phi) is 8.35. The number of thioether (sulfide) groups is 1. The molecule has 0 unspecified atom stereocenters. The first-order valence-electron chi connectivity index (χ1n) is 11.4. The monoisotopic (exact) mass is 573 g/mol. The average molecular weight is 574 g/mol. The number of amides is 2. The summed E-state index contributed by atoms with van der Waals surface area (Å²) < 4.78 is 41.8. The zero-order valence-electron chi connectivity index (χ0n) is 20.8. The van der Waals surface area contributed by atoms with E-state index in [9.17, 15) is 18.0 Å². The van der Waals surface area contributed by atoms with Crippen LogP contribution in [0.3, 0.4) is 0 Å². The lowest BCUT2D eigenvalue weighted by Gasteiger charge is -2.14. The first-order chi connectivity index (χ1) is 18.1. The Bertz CT molecular complexity index is 1500. The Balaban J connectivity index is 1.49. The number of rotatable bonds is 9. The van der Waals surface area contributed by atoms with Gasteiger partial charge in [-0.15, -0.1) is 0 Å². The molecule has 0 aromatic heterocycles. The standard InChI is InChI=1S/C27H24ClNO7S2/c1-17-4-8-20(9-5-17)35-13-12-29-26(30)24(37-27(29)31)16-19-14-22(28)25(23(15-19)34-3)36-38(32,33)21-10-6-18(2)7-11-21/h4-11,14-16H,12-13H2,1-3H3/b24-16-. The van der Waals surface area contributed by atoms with E-state index < -0.39 is 21.3 Å². The molecule has 0 N–H and O–H groups in total. The summed E-state index contributed by atoms with van der Waals surface area (Å²) >= 11 is 7.15. The second-order valence-electron chi connectivity index (χ2n) is 8.38. The van der Waals surface area contributed by atoms with Gasteiger partial charge in [0.05, 0.1) is 23.6 Å². The summed E-state index contributed by atoms with van der Waals surface area (Å²) in [5.41, 5.74) is 2.41. The Labute approximate surface area is 230 Å². The van der Waals surface area contributed by atoms with Crippen molar-refractivity contribution in [2.24, 2.45) is 0 Å². The van der Waals surface area contributed by atoms with Gasteiger partial charge in [0.15, 0.2) is 5.75 Å². The number of aryl methyl sites for hydroxylation is 2. The highest BCUT2D eigenvalue weighted by atomic mass is 35.5. The summed E-state index contributed by atoms with van der Waals surface area (Å²) in [5, 5.41) is -0.465. The summed E-state index contributed by atoms with van der Waals surface area (Å²) in [5.74, 6) is 0.0369. The number of methoxy groups -OCH3 is 1. The fraction of sp³-hybridized carbons (Fsp3) is 0.185. The van der Waals surface area contributed by atoms with Crippen molar-refractivity contribution in [1.82, 2.24) is 4.90 Å². The smallest absolute Gasteiger partial charge is 0.339 e. The van der Waals surface area contributed by atoms with Gasteiger partial charge in [-0.3, -0.25) is 14.5 Å². The maximum atomic E-state index is 12.9. The highest BCUT2D eigenvalue weighted by molar-refractivity contribution is 8.18. The Morgan fingerprint density at radius 3 is 2.24 bits per heavy atom. The van der Waals surface area contributed by atoms with Crippen LogP contribution < -0.4 is 13.7 Å². The fourth-order valence-corrected chi connectivity index (χ4v) is 5.63. The Morgan fingerprint density at radius 1 is 0.974 bits per heavy atom. The predicted octanol–water partition coefficient (Wildman–Crippen LogP) is 5.85. The van der Waals surface area contributed by atoms with Crippen LogP contribution in [0.15, 0.2) is 70.5 Å². The third kappa shape index (κ3) is 6.32. The van der Waals surface area contributed by atoms with Gasteiger partial charge in [0.2, 0.25) is 5.75 Å². The maximum Gasteiger partial charge on any atom is 0.339 e. The number of carbonyl (C=O) groups excluding carboxylic acids is 2. The summed E-state index contributed by atoms with van der Waals surface area (Å²) in [6.45, 7) is 4.04. The first-order valence-corrected chi connectivity index (χ1v) is 14.0. The van der Waals surface area contributed by atoms with Crippen LogP contribution in [0, 0.1) is 13.8 Å². The number of nitrogens with zero attached hydrogens (tertiary/aromatic N) is 1. The van der Waals surface area contributed by atoms with Gasteiger partial charge in [0.1, 0.15) is 17.3 Å².